The monoisotopic (exact) mass is 468 g/mol. The summed E-state index contributed by atoms with van der Waals surface area (Å²) < 4.78 is 0. The van der Waals surface area contributed by atoms with E-state index in [1.807, 2.05) is 84.9 Å². The van der Waals surface area contributed by atoms with Crippen molar-refractivity contribution >= 4 is 23.2 Å². The van der Waals surface area contributed by atoms with Crippen molar-refractivity contribution in [1.82, 2.24) is 9.97 Å². The lowest BCUT2D eigenvalue weighted by atomic mass is 10.0. The van der Waals surface area contributed by atoms with Crippen molar-refractivity contribution in [3.63, 3.8) is 0 Å². The van der Waals surface area contributed by atoms with Crippen LogP contribution in [0.25, 0.3) is 33.9 Å². The molecule has 2 amide bonds. The highest BCUT2D eigenvalue weighted by molar-refractivity contribution is 6.16. The van der Waals surface area contributed by atoms with Crippen LogP contribution in [0.15, 0.2) is 109 Å². The number of nitrogens with one attached hydrogen (secondary N) is 2. The lowest BCUT2D eigenvalue weighted by Crippen LogP contribution is -2.20. The van der Waals surface area contributed by atoms with Gasteiger partial charge in [-0.2, -0.15) is 0 Å². The summed E-state index contributed by atoms with van der Waals surface area (Å²) in [6.07, 6.45) is 0. The van der Waals surface area contributed by atoms with Crippen LogP contribution in [-0.2, 0) is 0 Å². The Morgan fingerprint density at radius 1 is 0.389 bits per heavy atom. The molecule has 0 atom stereocenters. The quantitative estimate of drug-likeness (QED) is 0.280. The van der Waals surface area contributed by atoms with Gasteiger partial charge in [0.25, 0.3) is 11.8 Å². The van der Waals surface area contributed by atoms with Crippen molar-refractivity contribution in [2.45, 2.75) is 0 Å². The molecule has 6 rings (SSSR count). The van der Waals surface area contributed by atoms with E-state index in [2.05, 4.69) is 10.6 Å². The summed E-state index contributed by atoms with van der Waals surface area (Å²) in [5.41, 5.74) is 6.09. The van der Waals surface area contributed by atoms with Crippen molar-refractivity contribution in [3.05, 3.63) is 120 Å². The van der Waals surface area contributed by atoms with Crippen molar-refractivity contribution in [3.8, 4) is 33.9 Å². The predicted octanol–water partition coefficient (Wildman–Crippen LogP) is 6.30. The molecule has 3 aromatic carbocycles. The van der Waals surface area contributed by atoms with Crippen LogP contribution < -0.4 is 10.6 Å². The van der Waals surface area contributed by atoms with Gasteiger partial charge >= 0.3 is 0 Å². The van der Waals surface area contributed by atoms with Gasteiger partial charge < -0.3 is 10.6 Å². The molecule has 3 heterocycles. The molecule has 36 heavy (non-hydrogen) atoms. The lowest BCUT2D eigenvalue weighted by molar-refractivity contribution is 0.0990. The molecule has 0 fully saturated rings. The third-order valence-corrected chi connectivity index (χ3v) is 6.08. The highest BCUT2D eigenvalue weighted by Gasteiger charge is 2.20. The Balaban J connectivity index is 1.60. The fourth-order valence-corrected chi connectivity index (χ4v) is 4.34. The van der Waals surface area contributed by atoms with Crippen molar-refractivity contribution < 1.29 is 9.59 Å². The minimum absolute atomic E-state index is 0.274. The number of amides is 2. The maximum absolute atomic E-state index is 13.4. The maximum atomic E-state index is 13.4. The summed E-state index contributed by atoms with van der Waals surface area (Å²) >= 11 is 0. The van der Waals surface area contributed by atoms with Crippen molar-refractivity contribution in [1.29, 1.82) is 0 Å². The van der Waals surface area contributed by atoms with E-state index in [0.29, 0.717) is 34.2 Å². The number of carbonyl (C=O) groups excluding carboxylic acids is 2. The summed E-state index contributed by atoms with van der Waals surface area (Å²) in [4.78, 5) is 36.5. The molecule has 4 bridgehead atoms. The summed E-state index contributed by atoms with van der Waals surface area (Å²) in [5.74, 6) is -0.756. The first-order valence-corrected chi connectivity index (χ1v) is 11.5. The second kappa shape index (κ2) is 8.92. The number of para-hydroxylation sites is 2. The van der Waals surface area contributed by atoms with Crippen LogP contribution >= 0.6 is 0 Å². The van der Waals surface area contributed by atoms with E-state index in [4.69, 9.17) is 9.97 Å². The fourth-order valence-electron chi connectivity index (χ4n) is 4.34. The van der Waals surface area contributed by atoms with Crippen LogP contribution in [0, 0.1) is 0 Å². The highest BCUT2D eigenvalue weighted by Crippen LogP contribution is 2.32. The van der Waals surface area contributed by atoms with Gasteiger partial charge in [0.05, 0.1) is 45.3 Å². The van der Waals surface area contributed by atoms with E-state index >= 15 is 0 Å². The zero-order chi connectivity index (χ0) is 24.5. The minimum atomic E-state index is -0.378. The van der Waals surface area contributed by atoms with Crippen molar-refractivity contribution in [2.24, 2.45) is 0 Å². The Hall–Kier alpha value is -5.10. The number of aromatic nitrogens is 2. The minimum Gasteiger partial charge on any atom is -0.321 e. The van der Waals surface area contributed by atoms with Gasteiger partial charge in [0.15, 0.2) is 0 Å². The number of carbonyl (C=O) groups is 2. The number of fused-ring (bicyclic) bond motifs is 10. The molecule has 0 unspecified atom stereocenters. The van der Waals surface area contributed by atoms with E-state index in [9.17, 15) is 9.59 Å². The van der Waals surface area contributed by atoms with E-state index in [0.717, 1.165) is 11.1 Å². The smallest absolute Gasteiger partial charge is 0.256 e. The zero-order valence-corrected chi connectivity index (χ0v) is 19.1. The molecule has 172 valence electrons. The second-order valence-corrected chi connectivity index (χ2v) is 8.36. The van der Waals surface area contributed by atoms with Gasteiger partial charge in [-0.25, -0.2) is 9.97 Å². The highest BCUT2D eigenvalue weighted by atomic mass is 16.2. The zero-order valence-electron chi connectivity index (χ0n) is 19.1. The molecule has 0 saturated heterocycles. The van der Waals surface area contributed by atoms with Crippen LogP contribution in [0.3, 0.4) is 0 Å². The van der Waals surface area contributed by atoms with Gasteiger partial charge in [-0.05, 0) is 48.5 Å². The second-order valence-electron chi connectivity index (χ2n) is 8.36. The molecule has 1 aliphatic heterocycles. The Morgan fingerprint density at radius 3 is 1.19 bits per heavy atom. The summed E-state index contributed by atoms with van der Waals surface area (Å²) in [7, 11) is 0. The third kappa shape index (κ3) is 3.91. The first-order valence-electron chi connectivity index (χ1n) is 11.5. The topological polar surface area (TPSA) is 84.0 Å². The van der Waals surface area contributed by atoms with E-state index in [-0.39, 0.29) is 22.9 Å². The van der Waals surface area contributed by atoms with Gasteiger partial charge in [-0.3, -0.25) is 9.59 Å². The molecule has 1 aliphatic rings. The number of nitrogens with zero attached hydrogens (tertiary/aromatic N) is 2. The number of pyridine rings is 2. The number of rotatable bonds is 0. The molecule has 0 radical (unpaired) electrons. The predicted molar refractivity (Wildman–Crippen MR) is 141 cm³/mol. The molecule has 5 aromatic rings. The molecule has 2 aromatic heterocycles. The SMILES string of the molecule is O=C1Nc2ccccc2-c2cccc(n2)-c2cccc(n2)-c2ccccc2NC(=O)c2ccccc21. The molecule has 6 heteroatoms. The molecular formula is C30H20N4O2. The number of benzene rings is 3. The summed E-state index contributed by atoms with van der Waals surface area (Å²) in [6, 6.07) is 33.2. The third-order valence-electron chi connectivity index (χ3n) is 6.08. The molecule has 2 N–H and O–H groups in total. The van der Waals surface area contributed by atoms with Crippen LogP contribution in [0.1, 0.15) is 20.7 Å². The Morgan fingerprint density at radius 2 is 0.750 bits per heavy atom. The van der Waals surface area contributed by atoms with E-state index in [1.165, 1.54) is 0 Å². The standard InChI is InChI=1S/C30H20N4O2/c35-29-19-9-1-2-10-20(19)30(36)34-26-14-6-4-12-22(26)24-16-8-18-28(32-24)27-17-7-15-23(31-27)21-11-3-5-13-25(21)33-29/h1-18H,(H,33,35)(H,34,36). The average molecular weight is 469 g/mol. The summed E-state index contributed by atoms with van der Waals surface area (Å²) in [5, 5.41) is 5.96. The van der Waals surface area contributed by atoms with Gasteiger partial charge in [0, 0.05) is 11.1 Å². The van der Waals surface area contributed by atoms with E-state index < -0.39 is 0 Å². The Labute approximate surface area is 207 Å². The van der Waals surface area contributed by atoms with E-state index in [1.54, 1.807) is 24.3 Å². The largest absolute Gasteiger partial charge is 0.321 e. The first-order chi connectivity index (χ1) is 17.7. The number of hydrogen-bond donors (Lipinski definition) is 2. The molecule has 0 saturated carbocycles. The molecule has 0 aliphatic carbocycles. The normalized spacial score (nSPS) is 12.4. The van der Waals surface area contributed by atoms with Crippen LogP contribution in [0.4, 0.5) is 11.4 Å². The molecule has 6 nitrogen and oxygen atoms in total. The average Bonchev–Trinajstić information content (AvgIpc) is 2.93. The lowest BCUT2D eigenvalue weighted by Gasteiger charge is -2.16. The maximum Gasteiger partial charge on any atom is 0.256 e. The van der Waals surface area contributed by atoms with Crippen molar-refractivity contribution in [2.75, 3.05) is 10.6 Å². The van der Waals surface area contributed by atoms with Crippen LogP contribution in [-0.4, -0.2) is 21.8 Å². The number of hydrogen-bond acceptors (Lipinski definition) is 4. The first kappa shape index (κ1) is 21.4. The van der Waals surface area contributed by atoms with Gasteiger partial charge in [0.1, 0.15) is 0 Å². The van der Waals surface area contributed by atoms with Gasteiger partial charge in [-0.15, -0.1) is 0 Å². The van der Waals surface area contributed by atoms with Crippen LogP contribution in [0.2, 0.25) is 0 Å². The van der Waals surface area contributed by atoms with Crippen LogP contribution in [0.5, 0.6) is 0 Å². The van der Waals surface area contributed by atoms with Gasteiger partial charge in [-0.1, -0.05) is 60.7 Å². The number of anilines is 2. The molecular weight excluding hydrogens is 448 g/mol. The fraction of sp³-hybridized carbons (Fsp3) is 0. The Bertz CT molecular complexity index is 1520. The Kier molecular flexibility index (Phi) is 5.31. The molecule has 0 spiro atoms. The summed E-state index contributed by atoms with van der Waals surface area (Å²) in [6.45, 7) is 0. The van der Waals surface area contributed by atoms with Gasteiger partial charge in [0.2, 0.25) is 0 Å².